The van der Waals surface area contributed by atoms with E-state index in [0.717, 1.165) is 4.48 Å². The molecule has 1 aromatic rings. The van der Waals surface area contributed by atoms with Crippen LogP contribution in [0.5, 0.6) is 0 Å². The fourth-order valence-electron chi connectivity index (χ4n) is 1.13. The molecule has 0 amide bonds. The molecule has 0 aromatic carbocycles. The lowest BCUT2D eigenvalue weighted by Crippen LogP contribution is -2.11. The summed E-state index contributed by atoms with van der Waals surface area (Å²) in [5.74, 6) is -0.300. The van der Waals surface area contributed by atoms with Crippen molar-refractivity contribution in [3.63, 3.8) is 0 Å². The monoisotopic (exact) mass is 257 g/mol. The molecule has 0 saturated carbocycles. The van der Waals surface area contributed by atoms with Crippen molar-refractivity contribution < 1.29 is 9.53 Å². The van der Waals surface area contributed by atoms with Gasteiger partial charge in [-0.2, -0.15) is 0 Å². The summed E-state index contributed by atoms with van der Waals surface area (Å²) >= 11 is 3.25. The molecule has 0 saturated heterocycles. The van der Waals surface area contributed by atoms with Crippen molar-refractivity contribution in [1.29, 1.82) is 0 Å². The van der Waals surface area contributed by atoms with Crippen molar-refractivity contribution in [3.8, 4) is 0 Å². The Hall–Kier alpha value is -1.03. The summed E-state index contributed by atoms with van der Waals surface area (Å²) < 4.78 is 7.51. The third-order valence-corrected chi connectivity index (χ3v) is 1.91. The molecule has 0 unspecified atom stereocenters. The number of hydrogen-bond acceptors (Lipinski definition) is 2. The van der Waals surface area contributed by atoms with Crippen LogP contribution in [0.2, 0.25) is 0 Å². The van der Waals surface area contributed by atoms with Gasteiger partial charge in [0.05, 0.1) is 13.2 Å². The molecule has 0 N–H and O–H groups in total. The van der Waals surface area contributed by atoms with E-state index in [4.69, 9.17) is 4.74 Å². The molecule has 0 fully saturated rings. The first-order valence-electron chi connectivity index (χ1n) is 4.30. The Labute approximate surface area is 91.5 Å². The van der Waals surface area contributed by atoms with Crippen molar-refractivity contribution in [3.05, 3.63) is 35.1 Å². The van der Waals surface area contributed by atoms with Crippen LogP contribution in [0.1, 0.15) is 17.4 Å². The van der Waals surface area contributed by atoms with Crippen molar-refractivity contribution in [1.82, 2.24) is 4.57 Å². The Bertz CT molecular complexity index is 344. The van der Waals surface area contributed by atoms with Gasteiger partial charge in [-0.25, -0.2) is 4.79 Å². The molecular formula is C10H12BrNO2. The first-order chi connectivity index (χ1) is 6.65. The molecule has 0 aliphatic heterocycles. The van der Waals surface area contributed by atoms with Crippen LogP contribution in [0.25, 0.3) is 0 Å². The molecule has 0 aliphatic rings. The SMILES string of the molecule is C=C(Br)Cn1cccc1C(=O)OCC. The third-order valence-electron chi connectivity index (χ3n) is 1.66. The number of hydrogen-bond donors (Lipinski definition) is 0. The minimum Gasteiger partial charge on any atom is -0.461 e. The lowest BCUT2D eigenvalue weighted by Gasteiger charge is -2.06. The maximum absolute atomic E-state index is 11.4. The minimum absolute atomic E-state index is 0.300. The Morgan fingerprint density at radius 1 is 1.71 bits per heavy atom. The Morgan fingerprint density at radius 2 is 2.43 bits per heavy atom. The fraction of sp³-hybridized carbons (Fsp3) is 0.300. The number of halogens is 1. The quantitative estimate of drug-likeness (QED) is 0.777. The van der Waals surface area contributed by atoms with Crippen LogP contribution in [0.4, 0.5) is 0 Å². The van der Waals surface area contributed by atoms with Gasteiger partial charge in [0.2, 0.25) is 0 Å². The minimum atomic E-state index is -0.300. The van der Waals surface area contributed by atoms with Gasteiger partial charge in [0, 0.05) is 10.7 Å². The van der Waals surface area contributed by atoms with Crippen LogP contribution >= 0.6 is 15.9 Å². The lowest BCUT2D eigenvalue weighted by molar-refractivity contribution is 0.0514. The van der Waals surface area contributed by atoms with Crippen LogP contribution in [0, 0.1) is 0 Å². The molecule has 3 nitrogen and oxygen atoms in total. The van der Waals surface area contributed by atoms with Crippen LogP contribution in [0.15, 0.2) is 29.4 Å². The maximum Gasteiger partial charge on any atom is 0.354 e. The van der Waals surface area contributed by atoms with Crippen LogP contribution in [0.3, 0.4) is 0 Å². The van der Waals surface area contributed by atoms with E-state index in [-0.39, 0.29) is 5.97 Å². The summed E-state index contributed by atoms with van der Waals surface area (Å²) in [6.07, 6.45) is 1.82. The third kappa shape index (κ3) is 2.73. The van der Waals surface area contributed by atoms with Gasteiger partial charge < -0.3 is 9.30 Å². The van der Waals surface area contributed by atoms with Crippen LogP contribution in [-0.4, -0.2) is 17.1 Å². The van der Waals surface area contributed by atoms with E-state index in [1.54, 1.807) is 17.6 Å². The highest BCUT2D eigenvalue weighted by Gasteiger charge is 2.11. The van der Waals surface area contributed by atoms with Gasteiger partial charge in [0.25, 0.3) is 0 Å². The number of carbonyl (C=O) groups excluding carboxylic acids is 1. The zero-order valence-corrected chi connectivity index (χ0v) is 9.58. The molecule has 0 radical (unpaired) electrons. The molecule has 0 spiro atoms. The van der Waals surface area contributed by atoms with Crippen LogP contribution < -0.4 is 0 Å². The largest absolute Gasteiger partial charge is 0.461 e. The van der Waals surface area contributed by atoms with Gasteiger partial charge >= 0.3 is 5.97 Å². The summed E-state index contributed by atoms with van der Waals surface area (Å²) in [6.45, 7) is 6.47. The predicted molar refractivity (Wildman–Crippen MR) is 58.5 cm³/mol. The van der Waals surface area contributed by atoms with Crippen molar-refractivity contribution >= 4 is 21.9 Å². The smallest absolute Gasteiger partial charge is 0.354 e. The molecule has 0 atom stereocenters. The van der Waals surface area contributed by atoms with Crippen molar-refractivity contribution in [2.24, 2.45) is 0 Å². The Morgan fingerprint density at radius 3 is 3.00 bits per heavy atom. The van der Waals surface area contributed by atoms with Gasteiger partial charge in [-0.1, -0.05) is 22.5 Å². The number of ether oxygens (including phenoxy) is 1. The maximum atomic E-state index is 11.4. The van der Waals surface area contributed by atoms with Crippen LogP contribution in [-0.2, 0) is 11.3 Å². The zero-order valence-electron chi connectivity index (χ0n) is 8.00. The number of esters is 1. The van der Waals surface area contributed by atoms with Crippen molar-refractivity contribution in [2.45, 2.75) is 13.5 Å². The summed E-state index contributed by atoms with van der Waals surface area (Å²) in [6, 6.07) is 3.54. The topological polar surface area (TPSA) is 31.2 Å². The Balaban J connectivity index is 2.81. The first kappa shape index (κ1) is 11.0. The second kappa shape index (κ2) is 5.00. The van der Waals surface area contributed by atoms with Gasteiger partial charge in [0.1, 0.15) is 5.69 Å². The Kier molecular flexibility index (Phi) is 3.95. The number of nitrogens with zero attached hydrogens (tertiary/aromatic N) is 1. The van der Waals surface area contributed by atoms with Gasteiger partial charge in [-0.15, -0.1) is 0 Å². The summed E-state index contributed by atoms with van der Waals surface area (Å²) in [5.41, 5.74) is 0.549. The average molecular weight is 258 g/mol. The molecule has 1 rings (SSSR count). The summed E-state index contributed by atoms with van der Waals surface area (Å²) in [7, 11) is 0. The summed E-state index contributed by atoms with van der Waals surface area (Å²) in [4.78, 5) is 11.4. The number of allylic oxidation sites excluding steroid dienone is 1. The normalized spacial score (nSPS) is 9.86. The highest BCUT2D eigenvalue weighted by Crippen LogP contribution is 2.10. The second-order valence-electron chi connectivity index (χ2n) is 2.76. The van der Waals surface area contributed by atoms with Crippen molar-refractivity contribution in [2.75, 3.05) is 6.61 Å². The van der Waals surface area contributed by atoms with E-state index < -0.39 is 0 Å². The summed E-state index contributed by atoms with van der Waals surface area (Å²) in [5, 5.41) is 0. The highest BCUT2D eigenvalue weighted by atomic mass is 79.9. The fourth-order valence-corrected chi connectivity index (χ4v) is 1.40. The van der Waals surface area contributed by atoms with E-state index in [2.05, 4.69) is 22.5 Å². The lowest BCUT2D eigenvalue weighted by atomic mass is 10.4. The van der Waals surface area contributed by atoms with E-state index in [1.807, 2.05) is 12.3 Å². The number of rotatable bonds is 4. The zero-order chi connectivity index (χ0) is 10.6. The second-order valence-corrected chi connectivity index (χ2v) is 3.88. The van der Waals surface area contributed by atoms with Gasteiger partial charge in [-0.3, -0.25) is 0 Å². The predicted octanol–water partition coefficient (Wildman–Crippen LogP) is 2.57. The standard InChI is InChI=1S/C10H12BrNO2/c1-3-14-10(13)9-5-4-6-12(9)7-8(2)11/h4-6H,2-3,7H2,1H3. The van der Waals surface area contributed by atoms with Gasteiger partial charge in [-0.05, 0) is 19.1 Å². The average Bonchev–Trinajstić information content (AvgIpc) is 2.51. The molecule has 4 heteroatoms. The molecular weight excluding hydrogens is 246 g/mol. The van der Waals surface area contributed by atoms with Gasteiger partial charge in [0.15, 0.2) is 0 Å². The van der Waals surface area contributed by atoms with E-state index in [0.29, 0.717) is 18.8 Å². The molecule has 1 heterocycles. The number of carbonyl (C=O) groups is 1. The van der Waals surface area contributed by atoms with E-state index in [9.17, 15) is 4.79 Å². The van der Waals surface area contributed by atoms with E-state index >= 15 is 0 Å². The highest BCUT2D eigenvalue weighted by molar-refractivity contribution is 9.11. The molecule has 1 aromatic heterocycles. The molecule has 0 bridgehead atoms. The van der Waals surface area contributed by atoms with E-state index in [1.165, 1.54) is 0 Å². The molecule has 0 aliphatic carbocycles. The molecule has 14 heavy (non-hydrogen) atoms. The first-order valence-corrected chi connectivity index (χ1v) is 5.10. The number of aromatic nitrogens is 1. The molecule has 76 valence electrons.